The second-order valence-electron chi connectivity index (χ2n) is 6.22. The first-order chi connectivity index (χ1) is 10.6. The van der Waals surface area contributed by atoms with Crippen LogP contribution in [-0.4, -0.2) is 44.7 Å². The van der Waals surface area contributed by atoms with E-state index in [1.165, 1.54) is 19.3 Å². The summed E-state index contributed by atoms with van der Waals surface area (Å²) in [7, 11) is 0. The normalized spacial score (nSPS) is 16.0. The van der Waals surface area contributed by atoms with E-state index in [0.717, 1.165) is 12.8 Å². The molecule has 0 aromatic heterocycles. The Hall–Kier alpha value is -0.940. The molecule has 1 aliphatic rings. The summed E-state index contributed by atoms with van der Waals surface area (Å²) in [6.45, 7) is 6.30. The maximum Gasteiger partial charge on any atom is 0.223 e. The fourth-order valence-corrected chi connectivity index (χ4v) is 2.54. The largest absolute Gasteiger partial charge is 0.379 e. The summed E-state index contributed by atoms with van der Waals surface area (Å²) >= 11 is 0. The molecule has 0 aromatic rings. The van der Waals surface area contributed by atoms with Gasteiger partial charge in [-0.2, -0.15) is 0 Å². The minimum Gasteiger partial charge on any atom is -0.379 e. The Kier molecular flexibility index (Phi) is 10.1. The highest BCUT2D eigenvalue weighted by Crippen LogP contribution is 2.23. The highest BCUT2D eigenvalue weighted by atomic mass is 16.5. The molecule has 0 bridgehead atoms. The number of rotatable bonds is 11. The Morgan fingerprint density at radius 2 is 1.64 bits per heavy atom. The van der Waals surface area contributed by atoms with Crippen LogP contribution in [-0.2, 0) is 19.1 Å². The van der Waals surface area contributed by atoms with Crippen molar-refractivity contribution in [3.63, 3.8) is 0 Å². The van der Waals surface area contributed by atoms with Gasteiger partial charge in [-0.05, 0) is 12.8 Å². The maximum absolute atomic E-state index is 11.9. The number of amides is 1. The smallest absolute Gasteiger partial charge is 0.223 e. The summed E-state index contributed by atoms with van der Waals surface area (Å²) in [6, 6.07) is 0. The van der Waals surface area contributed by atoms with E-state index in [2.05, 4.69) is 5.32 Å². The average molecular weight is 313 g/mol. The van der Waals surface area contributed by atoms with Crippen molar-refractivity contribution >= 4 is 11.7 Å². The molecule has 5 nitrogen and oxygen atoms in total. The van der Waals surface area contributed by atoms with Gasteiger partial charge < -0.3 is 14.8 Å². The lowest BCUT2D eigenvalue weighted by Crippen LogP contribution is -2.34. The Morgan fingerprint density at radius 1 is 1.00 bits per heavy atom. The number of hydrogen-bond donors (Lipinski definition) is 1. The Bertz CT molecular complexity index is 325. The third kappa shape index (κ3) is 8.49. The van der Waals surface area contributed by atoms with Crippen LogP contribution in [0.2, 0.25) is 0 Å². The number of nitrogens with one attached hydrogen (secondary N) is 1. The third-order valence-corrected chi connectivity index (χ3v) is 4.03. The molecule has 5 heteroatoms. The quantitative estimate of drug-likeness (QED) is 0.595. The van der Waals surface area contributed by atoms with Crippen molar-refractivity contribution < 1.29 is 19.1 Å². The van der Waals surface area contributed by atoms with E-state index in [0.29, 0.717) is 39.4 Å². The van der Waals surface area contributed by atoms with Gasteiger partial charge in [0.1, 0.15) is 5.78 Å². The molecule has 0 aromatic carbocycles. The number of Topliss-reactive ketones (excluding diaryl/α,β-unsaturated/α-hetero) is 1. The number of carbonyl (C=O) groups is 2. The molecule has 0 heterocycles. The topological polar surface area (TPSA) is 64.6 Å². The highest BCUT2D eigenvalue weighted by molar-refractivity contribution is 5.80. The van der Waals surface area contributed by atoms with Crippen LogP contribution in [0.25, 0.3) is 0 Å². The van der Waals surface area contributed by atoms with E-state index in [4.69, 9.17) is 9.47 Å². The lowest BCUT2D eigenvalue weighted by Gasteiger charge is -2.20. The monoisotopic (exact) mass is 313 g/mol. The summed E-state index contributed by atoms with van der Waals surface area (Å²) in [4.78, 5) is 23.2. The molecule has 1 rings (SSSR count). The van der Waals surface area contributed by atoms with E-state index in [1.54, 1.807) is 0 Å². The van der Waals surface area contributed by atoms with Crippen molar-refractivity contribution in [2.24, 2.45) is 11.8 Å². The number of ether oxygens (including phenoxy) is 2. The molecular weight excluding hydrogens is 282 g/mol. The Morgan fingerprint density at radius 3 is 2.27 bits per heavy atom. The molecule has 1 amide bonds. The minimum absolute atomic E-state index is 0.0765. The molecule has 1 N–H and O–H groups in total. The van der Waals surface area contributed by atoms with E-state index >= 15 is 0 Å². The van der Waals surface area contributed by atoms with E-state index in [-0.39, 0.29) is 23.5 Å². The van der Waals surface area contributed by atoms with Gasteiger partial charge in [0.25, 0.3) is 0 Å². The van der Waals surface area contributed by atoms with Crippen LogP contribution in [0.4, 0.5) is 0 Å². The van der Waals surface area contributed by atoms with Crippen molar-refractivity contribution in [2.75, 3.05) is 33.0 Å². The maximum atomic E-state index is 11.9. The molecule has 1 fully saturated rings. The molecule has 0 spiro atoms. The van der Waals surface area contributed by atoms with Crippen LogP contribution in [0, 0.1) is 11.8 Å². The predicted molar refractivity (Wildman–Crippen MR) is 85.7 cm³/mol. The molecule has 0 saturated heterocycles. The molecular formula is C17H31NO4. The van der Waals surface area contributed by atoms with Crippen LogP contribution < -0.4 is 5.32 Å². The summed E-state index contributed by atoms with van der Waals surface area (Å²) in [5.74, 6) is 0.682. The van der Waals surface area contributed by atoms with Crippen LogP contribution in [0.3, 0.4) is 0 Å². The first kappa shape index (κ1) is 19.1. The molecule has 1 saturated carbocycles. The summed E-state index contributed by atoms with van der Waals surface area (Å²) in [5.41, 5.74) is 0. The average Bonchev–Trinajstić information content (AvgIpc) is 2.53. The predicted octanol–water partition coefficient (Wildman–Crippen LogP) is 2.33. The van der Waals surface area contributed by atoms with Gasteiger partial charge in [0.2, 0.25) is 5.91 Å². The Balaban J connectivity index is 1.87. The second kappa shape index (κ2) is 11.6. The molecule has 22 heavy (non-hydrogen) atoms. The highest BCUT2D eigenvalue weighted by Gasteiger charge is 2.20. The molecule has 0 atom stereocenters. The van der Waals surface area contributed by atoms with Gasteiger partial charge in [-0.25, -0.2) is 0 Å². The van der Waals surface area contributed by atoms with Crippen molar-refractivity contribution in [1.29, 1.82) is 0 Å². The van der Waals surface area contributed by atoms with Gasteiger partial charge in [-0.15, -0.1) is 0 Å². The van der Waals surface area contributed by atoms with Crippen LogP contribution in [0.5, 0.6) is 0 Å². The van der Waals surface area contributed by atoms with Crippen molar-refractivity contribution in [1.82, 2.24) is 5.32 Å². The van der Waals surface area contributed by atoms with Crippen molar-refractivity contribution in [3.05, 3.63) is 0 Å². The number of hydrogen-bond acceptors (Lipinski definition) is 4. The van der Waals surface area contributed by atoms with Gasteiger partial charge in [0, 0.05) is 24.8 Å². The zero-order valence-corrected chi connectivity index (χ0v) is 14.1. The lowest BCUT2D eigenvalue weighted by atomic mass is 9.89. The first-order valence-corrected chi connectivity index (χ1v) is 8.57. The van der Waals surface area contributed by atoms with Gasteiger partial charge in [-0.3, -0.25) is 9.59 Å². The Labute approximate surface area is 134 Å². The summed E-state index contributed by atoms with van der Waals surface area (Å²) < 4.78 is 10.7. The fraction of sp³-hybridized carbons (Fsp3) is 0.882. The van der Waals surface area contributed by atoms with Crippen LogP contribution >= 0.6 is 0 Å². The standard InChI is InChI=1S/C17H31NO4/c1-14(2)16(19)8-10-21-12-13-22-11-9-18-17(20)15-6-4-3-5-7-15/h14-15H,3-13H2,1-2H3,(H,18,20). The number of carbonyl (C=O) groups excluding carboxylic acids is 2. The lowest BCUT2D eigenvalue weighted by molar-refractivity contribution is -0.126. The second-order valence-corrected chi connectivity index (χ2v) is 6.22. The molecule has 128 valence electrons. The summed E-state index contributed by atoms with van der Waals surface area (Å²) in [6.07, 6.45) is 6.12. The molecule has 1 aliphatic carbocycles. The van der Waals surface area contributed by atoms with E-state index < -0.39 is 0 Å². The van der Waals surface area contributed by atoms with Crippen LogP contribution in [0.1, 0.15) is 52.4 Å². The van der Waals surface area contributed by atoms with Crippen molar-refractivity contribution in [2.45, 2.75) is 52.4 Å². The molecule has 0 radical (unpaired) electrons. The van der Waals surface area contributed by atoms with Crippen LogP contribution in [0.15, 0.2) is 0 Å². The molecule has 0 unspecified atom stereocenters. The van der Waals surface area contributed by atoms with Gasteiger partial charge in [-0.1, -0.05) is 33.1 Å². The SMILES string of the molecule is CC(C)C(=O)CCOCCOCCNC(=O)C1CCCCC1. The zero-order valence-electron chi connectivity index (χ0n) is 14.1. The van der Waals surface area contributed by atoms with Gasteiger partial charge in [0.15, 0.2) is 0 Å². The summed E-state index contributed by atoms with van der Waals surface area (Å²) in [5, 5.41) is 2.93. The van der Waals surface area contributed by atoms with E-state index in [1.807, 2.05) is 13.8 Å². The van der Waals surface area contributed by atoms with Crippen molar-refractivity contribution in [3.8, 4) is 0 Å². The third-order valence-electron chi connectivity index (χ3n) is 4.03. The zero-order chi connectivity index (χ0) is 16.2. The van der Waals surface area contributed by atoms with Gasteiger partial charge in [0.05, 0.1) is 26.4 Å². The minimum atomic E-state index is 0.0765. The fourth-order valence-electron chi connectivity index (χ4n) is 2.54. The number of ketones is 1. The first-order valence-electron chi connectivity index (χ1n) is 8.57. The molecule has 0 aliphatic heterocycles. The van der Waals surface area contributed by atoms with E-state index in [9.17, 15) is 9.59 Å². The van der Waals surface area contributed by atoms with Gasteiger partial charge >= 0.3 is 0 Å².